The van der Waals surface area contributed by atoms with Gasteiger partial charge in [-0.25, -0.2) is 4.98 Å². The largest absolute Gasteiger partial charge is 0.493 e. The molecule has 1 saturated heterocycles. The van der Waals surface area contributed by atoms with E-state index in [1.807, 2.05) is 12.1 Å². The number of nitrogens with one attached hydrogen (secondary N) is 2. The van der Waals surface area contributed by atoms with Gasteiger partial charge in [-0.05, 0) is 46.1 Å². The van der Waals surface area contributed by atoms with E-state index < -0.39 is 0 Å². The molecule has 0 aliphatic carbocycles. The fourth-order valence-corrected chi connectivity index (χ4v) is 3.71. The Bertz CT molecular complexity index is 818. The van der Waals surface area contributed by atoms with Gasteiger partial charge in [-0.15, -0.1) is 0 Å². The van der Waals surface area contributed by atoms with Crippen molar-refractivity contribution >= 4 is 22.7 Å². The summed E-state index contributed by atoms with van der Waals surface area (Å²) in [5.74, 6) is 2.85. The summed E-state index contributed by atoms with van der Waals surface area (Å²) >= 11 is 0. The first kappa shape index (κ1) is 21.4. The summed E-state index contributed by atoms with van der Waals surface area (Å²) in [5.41, 5.74) is 0.838. The van der Waals surface area contributed by atoms with E-state index in [-0.39, 0.29) is 0 Å². The maximum absolute atomic E-state index is 5.51. The number of rotatable bonds is 8. The molecule has 29 heavy (non-hydrogen) atoms. The second-order valence-corrected chi connectivity index (χ2v) is 8.12. The molecule has 2 N–H and O–H groups in total. The van der Waals surface area contributed by atoms with Gasteiger partial charge in [0, 0.05) is 42.7 Å². The van der Waals surface area contributed by atoms with Crippen LogP contribution in [0.3, 0.4) is 0 Å². The number of piperidine rings is 1. The lowest BCUT2D eigenvalue weighted by atomic mass is 10.0. The van der Waals surface area contributed by atoms with Crippen molar-refractivity contribution in [3.63, 3.8) is 0 Å². The minimum Gasteiger partial charge on any atom is -0.493 e. The summed E-state index contributed by atoms with van der Waals surface area (Å²) in [4.78, 5) is 12.1. The number of ether oxygens (including phenoxy) is 2. The Kier molecular flexibility index (Phi) is 7.00. The molecule has 2 heterocycles. The predicted molar refractivity (Wildman–Crippen MR) is 119 cm³/mol. The molecule has 2 aromatic rings. The second kappa shape index (κ2) is 9.48. The summed E-state index contributed by atoms with van der Waals surface area (Å²) in [5, 5.41) is 8.04. The Hall–Kier alpha value is -2.28. The normalized spacial score (nSPS) is 16.8. The highest BCUT2D eigenvalue weighted by Gasteiger charge is 2.22. The topological polar surface area (TPSA) is 71.5 Å². The van der Waals surface area contributed by atoms with Crippen LogP contribution >= 0.6 is 0 Å². The van der Waals surface area contributed by atoms with E-state index in [0.29, 0.717) is 35.6 Å². The van der Waals surface area contributed by atoms with Gasteiger partial charge >= 0.3 is 0 Å². The van der Waals surface area contributed by atoms with Gasteiger partial charge in [0.15, 0.2) is 11.5 Å². The van der Waals surface area contributed by atoms with Crippen LogP contribution in [0, 0.1) is 0 Å². The van der Waals surface area contributed by atoms with E-state index in [2.05, 4.69) is 43.2 Å². The molecule has 0 spiro atoms. The zero-order valence-electron chi connectivity index (χ0n) is 18.6. The van der Waals surface area contributed by atoms with E-state index in [1.165, 1.54) is 0 Å². The van der Waals surface area contributed by atoms with Gasteiger partial charge in [0.05, 0.1) is 19.7 Å². The number of likely N-dealkylation sites (tertiary alicyclic amines) is 1. The maximum Gasteiger partial charge on any atom is 0.225 e. The highest BCUT2D eigenvalue weighted by atomic mass is 16.5. The van der Waals surface area contributed by atoms with Crippen molar-refractivity contribution in [2.24, 2.45) is 0 Å². The molecule has 0 radical (unpaired) electrons. The lowest BCUT2D eigenvalue weighted by Crippen LogP contribution is -2.42. The Morgan fingerprint density at radius 2 is 1.72 bits per heavy atom. The second-order valence-electron chi connectivity index (χ2n) is 8.12. The molecule has 0 bridgehead atoms. The van der Waals surface area contributed by atoms with Gasteiger partial charge in [0.1, 0.15) is 5.82 Å². The van der Waals surface area contributed by atoms with E-state index in [0.717, 1.165) is 49.1 Å². The number of benzene rings is 1. The zero-order valence-corrected chi connectivity index (χ0v) is 18.6. The van der Waals surface area contributed by atoms with Gasteiger partial charge in [-0.1, -0.05) is 6.92 Å². The van der Waals surface area contributed by atoms with E-state index in [1.54, 1.807) is 14.2 Å². The highest BCUT2D eigenvalue weighted by molar-refractivity contribution is 5.92. The number of aromatic nitrogens is 2. The average Bonchev–Trinajstić information content (AvgIpc) is 2.73. The summed E-state index contributed by atoms with van der Waals surface area (Å²) < 4.78 is 11.0. The van der Waals surface area contributed by atoms with E-state index >= 15 is 0 Å². The SMILES string of the molecule is CCC(C)Nc1nc(NC2CCN(C(C)C)CC2)c2cc(OC)c(OC)cc2n1. The Morgan fingerprint density at radius 1 is 1.07 bits per heavy atom. The zero-order chi connectivity index (χ0) is 21.0. The minimum atomic E-state index is 0.301. The lowest BCUT2D eigenvalue weighted by Gasteiger charge is -2.35. The number of fused-ring (bicyclic) bond motifs is 1. The van der Waals surface area contributed by atoms with Crippen LogP contribution in [-0.4, -0.2) is 60.3 Å². The molecule has 3 rings (SSSR count). The molecule has 1 aliphatic rings. The standard InChI is InChI=1S/C22H35N5O2/c1-7-15(4)23-22-25-18-13-20(29-6)19(28-5)12-17(18)21(26-22)24-16-8-10-27(11-9-16)14(2)3/h12-16H,7-11H2,1-6H3,(H2,23,24,25,26). The summed E-state index contributed by atoms with van der Waals surface area (Å²) in [6.07, 6.45) is 3.21. The molecule has 160 valence electrons. The van der Waals surface area contributed by atoms with Crippen LogP contribution in [0.2, 0.25) is 0 Å². The quantitative estimate of drug-likeness (QED) is 0.689. The van der Waals surface area contributed by atoms with Crippen LogP contribution in [-0.2, 0) is 0 Å². The highest BCUT2D eigenvalue weighted by Crippen LogP contribution is 2.35. The molecule has 1 aliphatic heterocycles. The average molecular weight is 402 g/mol. The fourth-order valence-electron chi connectivity index (χ4n) is 3.71. The van der Waals surface area contributed by atoms with Crippen molar-refractivity contribution in [2.75, 3.05) is 37.9 Å². The van der Waals surface area contributed by atoms with Gasteiger partial charge in [-0.2, -0.15) is 4.98 Å². The summed E-state index contributed by atoms with van der Waals surface area (Å²) in [6, 6.07) is 5.18. The van der Waals surface area contributed by atoms with Crippen LogP contribution < -0.4 is 20.1 Å². The fraction of sp³-hybridized carbons (Fsp3) is 0.636. The van der Waals surface area contributed by atoms with Crippen molar-refractivity contribution in [2.45, 2.75) is 65.1 Å². The van der Waals surface area contributed by atoms with Crippen molar-refractivity contribution in [1.82, 2.24) is 14.9 Å². The van der Waals surface area contributed by atoms with Crippen molar-refractivity contribution < 1.29 is 9.47 Å². The molecule has 1 aromatic carbocycles. The summed E-state index contributed by atoms with van der Waals surface area (Å²) in [6.45, 7) is 11.0. The summed E-state index contributed by atoms with van der Waals surface area (Å²) in [7, 11) is 3.29. The predicted octanol–water partition coefficient (Wildman–Crippen LogP) is 4.14. The number of anilines is 2. The smallest absolute Gasteiger partial charge is 0.225 e. The van der Waals surface area contributed by atoms with E-state index in [9.17, 15) is 0 Å². The van der Waals surface area contributed by atoms with Crippen molar-refractivity contribution in [3.05, 3.63) is 12.1 Å². The number of hydrogen-bond donors (Lipinski definition) is 2. The first-order valence-corrected chi connectivity index (χ1v) is 10.7. The van der Waals surface area contributed by atoms with Gasteiger partial charge in [0.2, 0.25) is 5.95 Å². The molecular formula is C22H35N5O2. The maximum atomic E-state index is 5.51. The monoisotopic (exact) mass is 401 g/mol. The molecule has 1 atom stereocenters. The van der Waals surface area contributed by atoms with E-state index in [4.69, 9.17) is 19.4 Å². The molecule has 7 nitrogen and oxygen atoms in total. The Labute approximate surface area is 174 Å². The Morgan fingerprint density at radius 3 is 2.31 bits per heavy atom. The van der Waals surface area contributed by atoms with Crippen molar-refractivity contribution in [3.8, 4) is 11.5 Å². The van der Waals surface area contributed by atoms with Gasteiger partial charge < -0.3 is 25.0 Å². The van der Waals surface area contributed by atoms with Crippen LogP contribution in [0.15, 0.2) is 12.1 Å². The molecule has 1 aromatic heterocycles. The van der Waals surface area contributed by atoms with Crippen LogP contribution in [0.5, 0.6) is 11.5 Å². The van der Waals surface area contributed by atoms with Gasteiger partial charge in [-0.3, -0.25) is 0 Å². The third kappa shape index (κ3) is 5.01. The first-order chi connectivity index (χ1) is 13.9. The number of nitrogens with zero attached hydrogens (tertiary/aromatic N) is 3. The molecule has 1 unspecified atom stereocenters. The minimum absolute atomic E-state index is 0.301. The molecule has 1 fully saturated rings. The number of methoxy groups -OCH3 is 2. The molecule has 0 amide bonds. The number of hydrogen-bond acceptors (Lipinski definition) is 7. The molecular weight excluding hydrogens is 366 g/mol. The third-order valence-corrected chi connectivity index (χ3v) is 5.79. The Balaban J connectivity index is 1.94. The van der Waals surface area contributed by atoms with Crippen molar-refractivity contribution in [1.29, 1.82) is 0 Å². The van der Waals surface area contributed by atoms with Crippen LogP contribution in [0.1, 0.15) is 47.0 Å². The molecule has 0 saturated carbocycles. The third-order valence-electron chi connectivity index (χ3n) is 5.79. The van der Waals surface area contributed by atoms with Crippen LogP contribution in [0.4, 0.5) is 11.8 Å². The first-order valence-electron chi connectivity index (χ1n) is 10.7. The molecule has 7 heteroatoms. The van der Waals surface area contributed by atoms with Crippen LogP contribution in [0.25, 0.3) is 10.9 Å². The van der Waals surface area contributed by atoms with Gasteiger partial charge in [0.25, 0.3) is 0 Å². The lowest BCUT2D eigenvalue weighted by molar-refractivity contribution is 0.177.